The lowest BCUT2D eigenvalue weighted by Gasteiger charge is -2.18. The number of carbonyl (C=O) groups excluding carboxylic acids is 1. The van der Waals surface area contributed by atoms with Gasteiger partial charge in [0.05, 0.1) is 21.1 Å². The first kappa shape index (κ1) is 13.4. The molecule has 0 saturated carbocycles. The second kappa shape index (κ2) is 5.46. The normalized spacial score (nSPS) is 9.73. The molecule has 0 aromatic carbocycles. The van der Waals surface area contributed by atoms with Crippen LogP contribution in [0.25, 0.3) is 0 Å². The molecule has 1 amide bonds. The zero-order chi connectivity index (χ0) is 8.20. The highest BCUT2D eigenvalue weighted by Crippen LogP contribution is 2.06. The van der Waals surface area contributed by atoms with Gasteiger partial charge in [-0.3, -0.25) is 4.79 Å². The van der Waals surface area contributed by atoms with Gasteiger partial charge < -0.3 is 12.4 Å². The van der Waals surface area contributed by atoms with Gasteiger partial charge >= 0.3 is 0 Å². The zero-order valence-electron chi connectivity index (χ0n) is 6.93. The molecule has 0 radical (unpaired) electrons. The fourth-order valence-corrected chi connectivity index (χ4v) is 0.671. The van der Waals surface area contributed by atoms with E-state index in [0.717, 1.165) is 0 Å². The second-order valence-corrected chi connectivity index (χ2v) is 4.13. The minimum Gasteiger partial charge on any atom is -1.00 e. The molecular formula is C6H13ClN2OS. The van der Waals surface area contributed by atoms with Gasteiger partial charge in [-0.15, -0.1) is 0 Å². The quantitative estimate of drug-likeness (QED) is 0.309. The third kappa shape index (κ3) is 9.81. The van der Waals surface area contributed by atoms with Crippen molar-refractivity contribution < 1.29 is 21.1 Å². The number of amides is 1. The number of rotatable bonds is 3. The highest BCUT2D eigenvalue weighted by molar-refractivity contribution is 7.92. The van der Waals surface area contributed by atoms with Crippen LogP contribution >= 0.6 is 12.1 Å². The summed E-state index contributed by atoms with van der Waals surface area (Å²) >= 11 is 1.33. The first-order valence-corrected chi connectivity index (χ1v) is 3.65. The summed E-state index contributed by atoms with van der Waals surface area (Å²) in [5, 5.41) is 0. The van der Waals surface area contributed by atoms with Crippen LogP contribution in [0.1, 0.15) is 0 Å². The molecule has 0 spiro atoms. The van der Waals surface area contributed by atoms with E-state index in [0.29, 0.717) is 3.89 Å². The Kier molecular flexibility index (Phi) is 6.65. The summed E-state index contributed by atoms with van der Waals surface area (Å²) in [6.07, 6.45) is 1.25. The molecular weight excluding hydrogens is 184 g/mol. The topological polar surface area (TPSA) is 29.1 Å². The number of nitrogens with one attached hydrogen (secondary N) is 1. The lowest BCUT2D eigenvalue weighted by atomic mass is 10.6. The van der Waals surface area contributed by atoms with Gasteiger partial charge in [0.1, 0.15) is 0 Å². The molecule has 11 heavy (non-hydrogen) atoms. The Bertz CT molecular complexity index is 144. The van der Waals surface area contributed by atoms with Crippen LogP contribution in [0.2, 0.25) is 0 Å². The van der Waals surface area contributed by atoms with Crippen molar-refractivity contribution in [3.63, 3.8) is 0 Å². The number of hydrogen-bond acceptors (Lipinski definition) is 2. The summed E-state index contributed by atoms with van der Waals surface area (Å²) in [5.41, 5.74) is 0. The fourth-order valence-electron chi connectivity index (χ4n) is 0.224. The Labute approximate surface area is 78.1 Å². The summed E-state index contributed by atoms with van der Waals surface area (Å²) in [4.78, 5) is 10.6. The maximum absolute atomic E-state index is 10.6. The third-order valence-electron chi connectivity index (χ3n) is 0.605. The Morgan fingerprint density at radius 1 is 1.55 bits per heavy atom. The van der Waals surface area contributed by atoms with E-state index in [1.165, 1.54) is 18.2 Å². The van der Waals surface area contributed by atoms with Crippen LogP contribution in [0.3, 0.4) is 0 Å². The lowest BCUT2D eigenvalue weighted by Crippen LogP contribution is -3.00. The van der Waals surface area contributed by atoms with Crippen LogP contribution < -0.4 is 17.1 Å². The van der Waals surface area contributed by atoms with Crippen molar-refractivity contribution in [1.29, 1.82) is 0 Å². The van der Waals surface area contributed by atoms with Crippen molar-refractivity contribution in [1.82, 2.24) is 4.72 Å². The summed E-state index contributed by atoms with van der Waals surface area (Å²) in [7, 11) is 5.90. The molecule has 0 rings (SSSR count). The predicted molar refractivity (Wildman–Crippen MR) is 44.0 cm³/mol. The van der Waals surface area contributed by atoms with Gasteiger partial charge in [-0.2, -0.15) is 0 Å². The molecule has 5 heteroatoms. The molecule has 0 heterocycles. The van der Waals surface area contributed by atoms with Crippen molar-refractivity contribution in [2.45, 2.75) is 0 Å². The van der Waals surface area contributed by atoms with Gasteiger partial charge in [0.2, 0.25) is 12.1 Å². The van der Waals surface area contributed by atoms with Crippen LogP contribution in [0.15, 0.2) is 12.7 Å². The van der Waals surface area contributed by atoms with Crippen LogP contribution in [-0.4, -0.2) is 30.9 Å². The molecule has 0 aliphatic rings. The van der Waals surface area contributed by atoms with E-state index in [1.807, 2.05) is 21.1 Å². The average molecular weight is 197 g/mol. The summed E-state index contributed by atoms with van der Waals surface area (Å²) in [6.45, 7) is 3.33. The van der Waals surface area contributed by atoms with Crippen LogP contribution in [0.5, 0.6) is 0 Å². The van der Waals surface area contributed by atoms with Crippen molar-refractivity contribution >= 4 is 18.0 Å². The van der Waals surface area contributed by atoms with Gasteiger partial charge in [0.15, 0.2) is 0 Å². The van der Waals surface area contributed by atoms with E-state index in [2.05, 4.69) is 11.3 Å². The van der Waals surface area contributed by atoms with E-state index >= 15 is 0 Å². The molecule has 3 nitrogen and oxygen atoms in total. The molecule has 0 unspecified atom stereocenters. The Balaban J connectivity index is 0. The number of nitrogens with zero attached hydrogens (tertiary/aromatic N) is 1. The fraction of sp³-hybridized carbons (Fsp3) is 0.500. The largest absolute Gasteiger partial charge is 1.00 e. The Morgan fingerprint density at radius 2 is 2.00 bits per heavy atom. The lowest BCUT2D eigenvalue weighted by molar-refractivity contribution is -0.727. The highest BCUT2D eigenvalue weighted by Gasteiger charge is 2.09. The van der Waals surface area contributed by atoms with Crippen molar-refractivity contribution in [2.75, 3.05) is 21.1 Å². The molecule has 66 valence electrons. The maximum Gasteiger partial charge on any atom is 0.257 e. The van der Waals surface area contributed by atoms with Crippen LogP contribution in [-0.2, 0) is 4.79 Å². The number of halogens is 1. The monoisotopic (exact) mass is 196 g/mol. The summed E-state index contributed by atoms with van der Waals surface area (Å²) in [5.74, 6) is -0.155. The SMILES string of the molecule is C=CC(=O)NS[N+](C)(C)C.[Cl-]. The second-order valence-electron chi connectivity index (χ2n) is 2.65. The van der Waals surface area contributed by atoms with E-state index in [9.17, 15) is 4.79 Å². The van der Waals surface area contributed by atoms with E-state index < -0.39 is 0 Å². The molecule has 0 aliphatic carbocycles. The molecule has 0 aliphatic heterocycles. The number of hydrogen-bond donors (Lipinski definition) is 1. The minimum absolute atomic E-state index is 0. The average Bonchev–Trinajstić information content (AvgIpc) is 1.81. The van der Waals surface area contributed by atoms with Gasteiger partial charge in [-0.05, 0) is 6.08 Å². The zero-order valence-corrected chi connectivity index (χ0v) is 8.50. The van der Waals surface area contributed by atoms with E-state index in [1.54, 1.807) is 0 Å². The first-order valence-electron chi connectivity index (χ1n) is 2.88. The molecule has 0 atom stereocenters. The molecule has 0 aromatic heterocycles. The highest BCUT2D eigenvalue weighted by atomic mass is 35.5. The van der Waals surface area contributed by atoms with Gasteiger partial charge in [-0.1, -0.05) is 6.58 Å². The van der Waals surface area contributed by atoms with Gasteiger partial charge in [0.25, 0.3) is 5.91 Å². The standard InChI is InChI=1S/C6H12N2OS.ClH/c1-5-6(9)7-10-8(2,3)4;/h5H,1H2,2-4H3;1H. The molecule has 1 N–H and O–H groups in total. The van der Waals surface area contributed by atoms with E-state index in [-0.39, 0.29) is 18.3 Å². The molecule has 0 bridgehead atoms. The van der Waals surface area contributed by atoms with E-state index in [4.69, 9.17) is 0 Å². The van der Waals surface area contributed by atoms with Gasteiger partial charge in [-0.25, -0.2) is 8.61 Å². The Hall–Kier alpha value is -0.190. The maximum atomic E-state index is 10.6. The molecule has 0 aromatic rings. The molecule has 0 saturated heterocycles. The summed E-state index contributed by atoms with van der Waals surface area (Å²) < 4.78 is 3.24. The number of carbonyl (C=O) groups is 1. The smallest absolute Gasteiger partial charge is 0.257 e. The van der Waals surface area contributed by atoms with Gasteiger partial charge in [0, 0.05) is 0 Å². The number of quaternary nitrogens is 1. The minimum atomic E-state index is -0.155. The van der Waals surface area contributed by atoms with Crippen molar-refractivity contribution in [3.05, 3.63) is 12.7 Å². The predicted octanol–water partition coefficient (Wildman–Crippen LogP) is -2.44. The van der Waals surface area contributed by atoms with Crippen LogP contribution in [0.4, 0.5) is 0 Å². The Morgan fingerprint density at radius 3 is 2.27 bits per heavy atom. The molecule has 0 fully saturated rings. The third-order valence-corrected chi connectivity index (χ3v) is 1.45. The summed E-state index contributed by atoms with van der Waals surface area (Å²) in [6, 6.07) is 0. The van der Waals surface area contributed by atoms with Crippen LogP contribution in [0, 0.1) is 0 Å². The van der Waals surface area contributed by atoms with Crippen molar-refractivity contribution in [2.24, 2.45) is 0 Å². The first-order chi connectivity index (χ1) is 4.45. The van der Waals surface area contributed by atoms with Crippen molar-refractivity contribution in [3.8, 4) is 0 Å².